The number of nitrogens with one attached hydrogen (secondary N) is 1. The van der Waals surface area contributed by atoms with Gasteiger partial charge in [0, 0.05) is 9.61 Å². The Labute approximate surface area is 131 Å². The molecule has 0 spiro atoms. The van der Waals surface area contributed by atoms with Crippen LogP contribution in [0, 0.1) is 9.39 Å². The fourth-order valence-electron chi connectivity index (χ4n) is 2.04. The molecule has 0 saturated heterocycles. The van der Waals surface area contributed by atoms with Crippen molar-refractivity contribution in [3.05, 3.63) is 55.5 Å². The van der Waals surface area contributed by atoms with Gasteiger partial charge in [-0.05, 0) is 82.1 Å². The van der Waals surface area contributed by atoms with Gasteiger partial charge in [-0.1, -0.05) is 13.0 Å². The normalized spacial score (nSPS) is 12.6. The molecule has 1 unspecified atom stereocenters. The summed E-state index contributed by atoms with van der Waals surface area (Å²) >= 11 is 3.93. The number of rotatable bonds is 6. The Bertz CT molecular complexity index is 513. The van der Waals surface area contributed by atoms with Crippen molar-refractivity contribution in [2.24, 2.45) is 0 Å². The van der Waals surface area contributed by atoms with Gasteiger partial charge in [-0.2, -0.15) is 11.3 Å². The molecule has 1 aromatic heterocycles. The first kappa shape index (κ1) is 14.9. The lowest BCUT2D eigenvalue weighted by atomic mass is 10.0. The van der Waals surface area contributed by atoms with Crippen molar-refractivity contribution in [2.45, 2.75) is 25.8 Å². The third-order valence-corrected chi connectivity index (χ3v) is 4.66. The highest BCUT2D eigenvalue weighted by Gasteiger charge is 2.15. The van der Waals surface area contributed by atoms with Gasteiger partial charge in [-0.15, -0.1) is 0 Å². The molecule has 1 N–H and O–H groups in total. The van der Waals surface area contributed by atoms with Crippen molar-refractivity contribution in [3.8, 4) is 0 Å². The van der Waals surface area contributed by atoms with E-state index in [9.17, 15) is 4.39 Å². The van der Waals surface area contributed by atoms with Crippen LogP contribution in [0.5, 0.6) is 0 Å². The van der Waals surface area contributed by atoms with E-state index in [1.807, 2.05) is 6.07 Å². The SMILES string of the molecule is CCCNC(Cc1ccsc1)c1ccc(F)cc1I. The summed E-state index contributed by atoms with van der Waals surface area (Å²) in [6, 6.07) is 7.45. The predicted molar refractivity (Wildman–Crippen MR) is 88.2 cm³/mol. The van der Waals surface area contributed by atoms with E-state index in [0.717, 1.165) is 23.0 Å². The van der Waals surface area contributed by atoms with Crippen LogP contribution >= 0.6 is 33.9 Å². The molecule has 0 fully saturated rings. The zero-order chi connectivity index (χ0) is 13.7. The van der Waals surface area contributed by atoms with Crippen LogP contribution in [0.4, 0.5) is 4.39 Å². The van der Waals surface area contributed by atoms with E-state index in [-0.39, 0.29) is 11.9 Å². The number of hydrogen-bond acceptors (Lipinski definition) is 2. The highest BCUT2D eigenvalue weighted by molar-refractivity contribution is 14.1. The van der Waals surface area contributed by atoms with Crippen LogP contribution in [-0.2, 0) is 6.42 Å². The van der Waals surface area contributed by atoms with Crippen molar-refractivity contribution >= 4 is 33.9 Å². The number of halogens is 2. The molecular weight excluding hydrogens is 372 g/mol. The van der Waals surface area contributed by atoms with Crippen LogP contribution < -0.4 is 5.32 Å². The van der Waals surface area contributed by atoms with Crippen LogP contribution in [0.25, 0.3) is 0 Å². The Morgan fingerprint density at radius 2 is 2.21 bits per heavy atom. The van der Waals surface area contributed by atoms with E-state index in [4.69, 9.17) is 0 Å². The van der Waals surface area contributed by atoms with Crippen molar-refractivity contribution in [1.82, 2.24) is 5.32 Å². The highest BCUT2D eigenvalue weighted by atomic mass is 127. The average Bonchev–Trinajstić information content (AvgIpc) is 2.88. The summed E-state index contributed by atoms with van der Waals surface area (Å²) in [5, 5.41) is 7.84. The molecule has 102 valence electrons. The molecule has 1 atom stereocenters. The molecule has 0 saturated carbocycles. The summed E-state index contributed by atoms with van der Waals surface area (Å²) in [4.78, 5) is 0. The van der Waals surface area contributed by atoms with Crippen LogP contribution in [0.3, 0.4) is 0 Å². The Hall–Kier alpha value is -0.460. The molecule has 0 aliphatic heterocycles. The molecule has 0 bridgehead atoms. The summed E-state index contributed by atoms with van der Waals surface area (Å²) in [5.41, 5.74) is 2.51. The minimum Gasteiger partial charge on any atom is -0.310 e. The minimum atomic E-state index is -0.169. The van der Waals surface area contributed by atoms with Gasteiger partial charge in [-0.3, -0.25) is 0 Å². The first-order chi connectivity index (χ1) is 9.20. The molecule has 1 nitrogen and oxygen atoms in total. The van der Waals surface area contributed by atoms with E-state index in [0.29, 0.717) is 0 Å². The second-order valence-electron chi connectivity index (χ2n) is 4.51. The molecule has 0 radical (unpaired) electrons. The molecule has 1 aromatic carbocycles. The highest BCUT2D eigenvalue weighted by Crippen LogP contribution is 2.25. The van der Waals surface area contributed by atoms with Crippen LogP contribution in [0.1, 0.15) is 30.5 Å². The molecule has 2 rings (SSSR count). The van der Waals surface area contributed by atoms with E-state index < -0.39 is 0 Å². The van der Waals surface area contributed by atoms with Crippen LogP contribution in [0.15, 0.2) is 35.0 Å². The third kappa shape index (κ3) is 4.26. The first-order valence-corrected chi connectivity index (χ1v) is 8.42. The fraction of sp³-hybridized carbons (Fsp3) is 0.333. The molecular formula is C15H17FINS. The third-order valence-electron chi connectivity index (χ3n) is 3.00. The maximum atomic E-state index is 13.2. The van der Waals surface area contributed by atoms with Gasteiger partial charge in [0.15, 0.2) is 0 Å². The van der Waals surface area contributed by atoms with Crippen LogP contribution in [-0.4, -0.2) is 6.54 Å². The van der Waals surface area contributed by atoms with Gasteiger partial charge in [0.25, 0.3) is 0 Å². The quantitative estimate of drug-likeness (QED) is 0.702. The van der Waals surface area contributed by atoms with E-state index in [1.54, 1.807) is 23.5 Å². The second-order valence-corrected chi connectivity index (χ2v) is 6.45. The molecule has 1 heterocycles. The molecule has 0 aliphatic rings. The minimum absolute atomic E-state index is 0.169. The van der Waals surface area contributed by atoms with Crippen LogP contribution in [0.2, 0.25) is 0 Å². The number of thiophene rings is 1. The lowest BCUT2D eigenvalue weighted by Crippen LogP contribution is -2.24. The zero-order valence-electron chi connectivity index (χ0n) is 10.8. The molecule has 0 amide bonds. The lowest BCUT2D eigenvalue weighted by Gasteiger charge is -2.20. The molecule has 19 heavy (non-hydrogen) atoms. The first-order valence-electron chi connectivity index (χ1n) is 6.40. The summed E-state index contributed by atoms with van der Waals surface area (Å²) in [6.45, 7) is 3.13. The van der Waals surface area contributed by atoms with Crippen molar-refractivity contribution < 1.29 is 4.39 Å². The topological polar surface area (TPSA) is 12.0 Å². The average molecular weight is 389 g/mol. The van der Waals surface area contributed by atoms with Crippen molar-refractivity contribution in [1.29, 1.82) is 0 Å². The summed E-state index contributed by atoms with van der Waals surface area (Å²) in [7, 11) is 0. The Kier molecular flexibility index (Phi) is 5.78. The fourth-order valence-corrected chi connectivity index (χ4v) is 3.57. The maximum Gasteiger partial charge on any atom is 0.124 e. The Balaban J connectivity index is 2.20. The van der Waals surface area contributed by atoms with Gasteiger partial charge in [-0.25, -0.2) is 4.39 Å². The maximum absolute atomic E-state index is 13.2. The van der Waals surface area contributed by atoms with E-state index in [1.165, 1.54) is 11.1 Å². The van der Waals surface area contributed by atoms with Gasteiger partial charge in [0.1, 0.15) is 5.82 Å². The number of benzene rings is 1. The zero-order valence-corrected chi connectivity index (χ0v) is 13.8. The Morgan fingerprint density at radius 3 is 2.84 bits per heavy atom. The van der Waals surface area contributed by atoms with Gasteiger partial charge < -0.3 is 5.32 Å². The smallest absolute Gasteiger partial charge is 0.124 e. The number of hydrogen-bond donors (Lipinski definition) is 1. The monoisotopic (exact) mass is 389 g/mol. The van der Waals surface area contributed by atoms with Crippen molar-refractivity contribution in [3.63, 3.8) is 0 Å². The lowest BCUT2D eigenvalue weighted by molar-refractivity contribution is 0.526. The van der Waals surface area contributed by atoms with Crippen molar-refractivity contribution in [2.75, 3.05) is 6.54 Å². The predicted octanol–water partition coefficient (Wildman–Crippen LogP) is 4.78. The van der Waals surface area contributed by atoms with Gasteiger partial charge in [0.05, 0.1) is 0 Å². The summed E-state index contributed by atoms with van der Waals surface area (Å²) in [5.74, 6) is -0.169. The summed E-state index contributed by atoms with van der Waals surface area (Å²) in [6.07, 6.45) is 2.04. The second kappa shape index (κ2) is 7.36. The van der Waals surface area contributed by atoms with E-state index >= 15 is 0 Å². The molecule has 2 aromatic rings. The standard InChI is InChI=1S/C15H17FINS/c1-2-6-18-15(8-11-5-7-19-10-11)13-4-3-12(16)9-14(13)17/h3-5,7,9-10,15,18H,2,6,8H2,1H3. The molecule has 0 aliphatic carbocycles. The van der Waals surface area contributed by atoms with E-state index in [2.05, 4.69) is 51.7 Å². The Morgan fingerprint density at radius 1 is 1.37 bits per heavy atom. The van der Waals surface area contributed by atoms with Gasteiger partial charge >= 0.3 is 0 Å². The largest absolute Gasteiger partial charge is 0.310 e. The van der Waals surface area contributed by atoms with Gasteiger partial charge in [0.2, 0.25) is 0 Å². The summed E-state index contributed by atoms with van der Waals surface area (Å²) < 4.78 is 14.2. The molecule has 4 heteroatoms.